The molecule has 0 N–H and O–H groups in total. The van der Waals surface area contributed by atoms with Gasteiger partial charge in [-0.15, -0.1) is 0 Å². The molecule has 5 nitrogen and oxygen atoms in total. The van der Waals surface area contributed by atoms with Gasteiger partial charge in [0.2, 0.25) is 0 Å². The minimum Gasteiger partial charge on any atom is -0.497 e. The average Bonchev–Trinajstić information content (AvgIpc) is 2.81. The molecular weight excluding hydrogens is 376 g/mol. The first-order valence-electron chi connectivity index (χ1n) is 10.9. The number of carbonyl (C=O) groups is 1. The van der Waals surface area contributed by atoms with Crippen molar-refractivity contribution in [3.8, 4) is 5.75 Å². The summed E-state index contributed by atoms with van der Waals surface area (Å²) in [4.78, 5) is 17.8. The number of likely N-dealkylation sites (tertiary alicyclic amines) is 1. The van der Waals surface area contributed by atoms with Crippen LogP contribution in [0.15, 0.2) is 54.6 Å². The van der Waals surface area contributed by atoms with Crippen molar-refractivity contribution in [1.29, 1.82) is 0 Å². The molecule has 0 saturated carbocycles. The van der Waals surface area contributed by atoms with E-state index in [1.54, 1.807) is 14.2 Å². The molecular formula is C25H34N2O3. The summed E-state index contributed by atoms with van der Waals surface area (Å²) in [7, 11) is 3.31. The predicted octanol–water partition coefficient (Wildman–Crippen LogP) is 3.88. The number of nitrogens with zero attached hydrogens (tertiary/aromatic N) is 2. The van der Waals surface area contributed by atoms with Crippen LogP contribution >= 0.6 is 0 Å². The molecule has 0 unspecified atom stereocenters. The molecule has 2 aromatic carbocycles. The van der Waals surface area contributed by atoms with Gasteiger partial charge in [-0.25, -0.2) is 0 Å². The van der Waals surface area contributed by atoms with Gasteiger partial charge >= 0.3 is 0 Å². The minimum atomic E-state index is 0.0634. The van der Waals surface area contributed by atoms with Gasteiger partial charge in [0.1, 0.15) is 5.75 Å². The van der Waals surface area contributed by atoms with Crippen LogP contribution in [-0.2, 0) is 11.2 Å². The number of aryl methyl sites for hydroxylation is 1. The number of benzene rings is 2. The molecule has 162 valence electrons. The Kier molecular flexibility index (Phi) is 8.72. The van der Waals surface area contributed by atoms with E-state index in [0.717, 1.165) is 38.9 Å². The maximum Gasteiger partial charge on any atom is 0.254 e. The van der Waals surface area contributed by atoms with Gasteiger partial charge in [-0.3, -0.25) is 4.79 Å². The first-order chi connectivity index (χ1) is 14.7. The van der Waals surface area contributed by atoms with E-state index < -0.39 is 0 Å². The second kappa shape index (κ2) is 11.7. The fourth-order valence-corrected chi connectivity index (χ4v) is 4.17. The van der Waals surface area contributed by atoms with E-state index in [9.17, 15) is 4.79 Å². The zero-order valence-electron chi connectivity index (χ0n) is 18.3. The van der Waals surface area contributed by atoms with Crippen molar-refractivity contribution in [3.05, 3.63) is 65.7 Å². The van der Waals surface area contributed by atoms with Gasteiger partial charge in [-0.05, 0) is 56.0 Å². The topological polar surface area (TPSA) is 42.0 Å². The third-order valence-electron chi connectivity index (χ3n) is 5.89. The highest BCUT2D eigenvalue weighted by atomic mass is 16.5. The summed E-state index contributed by atoms with van der Waals surface area (Å²) in [6, 6.07) is 18.3. The van der Waals surface area contributed by atoms with E-state index in [1.807, 2.05) is 29.2 Å². The number of hydrogen-bond acceptors (Lipinski definition) is 4. The molecule has 1 aliphatic rings. The van der Waals surface area contributed by atoms with Crippen molar-refractivity contribution in [1.82, 2.24) is 9.80 Å². The summed E-state index contributed by atoms with van der Waals surface area (Å²) in [5.41, 5.74) is 2.08. The van der Waals surface area contributed by atoms with Gasteiger partial charge in [-0.2, -0.15) is 0 Å². The van der Waals surface area contributed by atoms with Crippen molar-refractivity contribution in [2.45, 2.75) is 31.7 Å². The number of hydrogen-bond donors (Lipinski definition) is 0. The second-order valence-corrected chi connectivity index (χ2v) is 7.89. The molecule has 0 aliphatic carbocycles. The smallest absolute Gasteiger partial charge is 0.254 e. The summed E-state index contributed by atoms with van der Waals surface area (Å²) < 4.78 is 10.6. The normalized spacial score (nSPS) is 15.1. The van der Waals surface area contributed by atoms with Crippen LogP contribution in [0.25, 0.3) is 0 Å². The van der Waals surface area contributed by atoms with Crippen LogP contribution in [0.5, 0.6) is 5.75 Å². The molecule has 0 aromatic heterocycles. The number of piperidine rings is 1. The third kappa shape index (κ3) is 6.31. The molecule has 1 fully saturated rings. The Bertz CT molecular complexity index is 773. The number of rotatable bonds is 10. The SMILES string of the molecule is COCCN(C(=O)c1cccc(OC)c1)C1CCN(CCCc2ccccc2)CC1. The Morgan fingerprint density at radius 3 is 2.53 bits per heavy atom. The van der Waals surface area contributed by atoms with Crippen LogP contribution in [0.3, 0.4) is 0 Å². The zero-order valence-corrected chi connectivity index (χ0v) is 18.3. The lowest BCUT2D eigenvalue weighted by Gasteiger charge is -2.38. The largest absolute Gasteiger partial charge is 0.497 e. The fraction of sp³-hybridized carbons (Fsp3) is 0.480. The highest BCUT2D eigenvalue weighted by molar-refractivity contribution is 5.94. The maximum atomic E-state index is 13.2. The number of methoxy groups -OCH3 is 2. The van der Waals surface area contributed by atoms with Crippen LogP contribution in [0, 0.1) is 0 Å². The van der Waals surface area contributed by atoms with Crippen LogP contribution < -0.4 is 4.74 Å². The molecule has 30 heavy (non-hydrogen) atoms. The van der Waals surface area contributed by atoms with Crippen molar-refractivity contribution >= 4 is 5.91 Å². The summed E-state index contributed by atoms with van der Waals surface area (Å²) in [6.45, 7) is 4.35. The molecule has 0 radical (unpaired) electrons. The van der Waals surface area contributed by atoms with E-state index >= 15 is 0 Å². The molecule has 1 saturated heterocycles. The molecule has 3 rings (SSSR count). The van der Waals surface area contributed by atoms with Gasteiger partial charge in [0.15, 0.2) is 0 Å². The summed E-state index contributed by atoms with van der Waals surface area (Å²) in [6.07, 6.45) is 4.30. The number of carbonyl (C=O) groups excluding carboxylic acids is 1. The van der Waals surface area contributed by atoms with E-state index in [2.05, 4.69) is 35.2 Å². The lowest BCUT2D eigenvalue weighted by molar-refractivity contribution is 0.0484. The molecule has 0 bridgehead atoms. The summed E-state index contributed by atoms with van der Waals surface area (Å²) in [5.74, 6) is 0.772. The van der Waals surface area contributed by atoms with Crippen molar-refractivity contribution in [3.63, 3.8) is 0 Å². The Morgan fingerprint density at radius 2 is 1.83 bits per heavy atom. The fourth-order valence-electron chi connectivity index (χ4n) is 4.17. The van der Waals surface area contributed by atoms with Crippen molar-refractivity contribution in [2.75, 3.05) is 47.0 Å². The second-order valence-electron chi connectivity index (χ2n) is 7.89. The zero-order chi connectivity index (χ0) is 21.2. The molecule has 0 atom stereocenters. The van der Waals surface area contributed by atoms with Crippen LogP contribution in [0.4, 0.5) is 0 Å². The van der Waals surface area contributed by atoms with Gasteiger partial charge < -0.3 is 19.3 Å². The van der Waals surface area contributed by atoms with Gasteiger partial charge in [0.25, 0.3) is 5.91 Å². The minimum absolute atomic E-state index is 0.0634. The van der Waals surface area contributed by atoms with Gasteiger partial charge in [0.05, 0.1) is 13.7 Å². The van der Waals surface area contributed by atoms with Crippen molar-refractivity contribution < 1.29 is 14.3 Å². The quantitative estimate of drug-likeness (QED) is 0.596. The van der Waals surface area contributed by atoms with Crippen LogP contribution in [-0.4, -0.2) is 68.8 Å². The van der Waals surface area contributed by atoms with Crippen LogP contribution in [0.1, 0.15) is 35.2 Å². The van der Waals surface area contributed by atoms with Gasteiger partial charge in [-0.1, -0.05) is 36.4 Å². The lowest BCUT2D eigenvalue weighted by atomic mass is 10.0. The number of amides is 1. The summed E-state index contributed by atoms with van der Waals surface area (Å²) in [5, 5.41) is 0. The van der Waals surface area contributed by atoms with Gasteiger partial charge in [0, 0.05) is 38.3 Å². The lowest BCUT2D eigenvalue weighted by Crippen LogP contribution is -2.48. The highest BCUT2D eigenvalue weighted by Crippen LogP contribution is 2.21. The number of ether oxygens (including phenoxy) is 2. The average molecular weight is 411 g/mol. The highest BCUT2D eigenvalue weighted by Gasteiger charge is 2.28. The Labute approximate surface area is 180 Å². The van der Waals surface area contributed by atoms with Crippen molar-refractivity contribution in [2.24, 2.45) is 0 Å². The monoisotopic (exact) mass is 410 g/mol. The van der Waals surface area contributed by atoms with E-state index in [0.29, 0.717) is 24.5 Å². The van der Waals surface area contributed by atoms with Crippen LogP contribution in [0.2, 0.25) is 0 Å². The molecule has 2 aromatic rings. The molecule has 5 heteroatoms. The van der Waals surface area contributed by atoms with E-state index in [4.69, 9.17) is 9.47 Å². The molecule has 0 spiro atoms. The first kappa shape index (κ1) is 22.3. The maximum absolute atomic E-state index is 13.2. The Morgan fingerprint density at radius 1 is 1.07 bits per heavy atom. The molecule has 1 amide bonds. The van der Waals surface area contributed by atoms with E-state index in [1.165, 1.54) is 12.0 Å². The third-order valence-corrected chi connectivity index (χ3v) is 5.89. The standard InChI is InChI=1S/C25H34N2O3/c1-29-19-18-27(25(28)22-11-6-12-24(20-22)30-2)23-13-16-26(17-14-23)15-7-10-21-8-4-3-5-9-21/h3-6,8-9,11-12,20,23H,7,10,13-19H2,1-2H3. The first-order valence-corrected chi connectivity index (χ1v) is 10.9. The van der Waals surface area contributed by atoms with E-state index in [-0.39, 0.29) is 11.9 Å². The molecule has 1 heterocycles. The molecule has 1 aliphatic heterocycles. The Hall–Kier alpha value is -2.37. The Balaban J connectivity index is 1.53. The summed E-state index contributed by atoms with van der Waals surface area (Å²) >= 11 is 0. The predicted molar refractivity (Wildman–Crippen MR) is 120 cm³/mol.